The van der Waals surface area contributed by atoms with Crippen LogP contribution >= 0.6 is 22.6 Å². The van der Waals surface area contributed by atoms with Gasteiger partial charge < -0.3 is 14.2 Å². The molecule has 0 N–H and O–H groups in total. The van der Waals surface area contributed by atoms with Crippen molar-refractivity contribution in [1.82, 2.24) is 0 Å². The number of hydrogen-bond donors (Lipinski definition) is 0. The molecule has 1 saturated carbocycles. The first kappa shape index (κ1) is 14.7. The van der Waals surface area contributed by atoms with Crippen LogP contribution in [0.25, 0.3) is 0 Å². The third-order valence-corrected chi connectivity index (χ3v) is 4.42. The predicted molar refractivity (Wildman–Crippen MR) is 73.4 cm³/mol. The molecule has 1 aliphatic rings. The largest absolute Gasteiger partial charge is 0.385 e. The average molecular weight is 342 g/mol. The van der Waals surface area contributed by atoms with E-state index in [9.17, 15) is 0 Å². The van der Waals surface area contributed by atoms with E-state index in [0.29, 0.717) is 6.61 Å². The van der Waals surface area contributed by atoms with Gasteiger partial charge >= 0.3 is 0 Å². The Labute approximate surface area is 112 Å². The Balaban J connectivity index is 1.97. The smallest absolute Gasteiger partial charge is 0.0772 e. The van der Waals surface area contributed by atoms with Crippen LogP contribution in [0.4, 0.5) is 0 Å². The molecule has 0 aromatic carbocycles. The molecule has 0 radical (unpaired) electrons. The first-order chi connectivity index (χ1) is 7.83. The summed E-state index contributed by atoms with van der Waals surface area (Å²) in [5.74, 6) is 0. The highest BCUT2D eigenvalue weighted by Crippen LogP contribution is 2.34. The summed E-state index contributed by atoms with van der Waals surface area (Å²) in [5.41, 5.74) is 0.163. The number of ether oxygens (including phenoxy) is 3. The number of halogens is 1. The molecule has 0 saturated heterocycles. The van der Waals surface area contributed by atoms with Crippen LogP contribution in [0.3, 0.4) is 0 Å². The van der Waals surface area contributed by atoms with Crippen molar-refractivity contribution in [3.8, 4) is 0 Å². The highest BCUT2D eigenvalue weighted by molar-refractivity contribution is 14.1. The molecule has 0 bridgehead atoms. The van der Waals surface area contributed by atoms with Crippen molar-refractivity contribution < 1.29 is 14.2 Å². The Morgan fingerprint density at radius 3 is 2.44 bits per heavy atom. The fourth-order valence-corrected chi connectivity index (χ4v) is 3.04. The van der Waals surface area contributed by atoms with E-state index in [1.165, 1.54) is 25.7 Å². The van der Waals surface area contributed by atoms with Crippen LogP contribution in [-0.2, 0) is 14.2 Å². The van der Waals surface area contributed by atoms with Crippen molar-refractivity contribution in [1.29, 1.82) is 0 Å². The number of hydrogen-bond acceptors (Lipinski definition) is 3. The van der Waals surface area contributed by atoms with Gasteiger partial charge in [0.15, 0.2) is 0 Å². The molecular weight excluding hydrogens is 319 g/mol. The Hall–Kier alpha value is 0.610. The Morgan fingerprint density at radius 1 is 1.06 bits per heavy atom. The third-order valence-electron chi connectivity index (χ3n) is 3.03. The quantitative estimate of drug-likeness (QED) is 0.366. The van der Waals surface area contributed by atoms with E-state index >= 15 is 0 Å². The fraction of sp³-hybridized carbons (Fsp3) is 1.00. The number of rotatable bonds is 9. The zero-order valence-corrected chi connectivity index (χ0v) is 12.3. The molecule has 1 aliphatic carbocycles. The van der Waals surface area contributed by atoms with Gasteiger partial charge in [-0.25, -0.2) is 0 Å². The van der Waals surface area contributed by atoms with E-state index < -0.39 is 0 Å². The lowest BCUT2D eigenvalue weighted by atomic mass is 10.1. The van der Waals surface area contributed by atoms with Crippen LogP contribution in [0.5, 0.6) is 0 Å². The second-order valence-corrected chi connectivity index (χ2v) is 5.09. The molecule has 0 heterocycles. The third kappa shape index (κ3) is 5.29. The minimum atomic E-state index is 0.163. The summed E-state index contributed by atoms with van der Waals surface area (Å²) in [6.45, 7) is 2.99. The van der Waals surface area contributed by atoms with Crippen molar-refractivity contribution in [2.45, 2.75) is 37.7 Å². The molecule has 0 aromatic rings. The maximum atomic E-state index is 5.98. The van der Waals surface area contributed by atoms with Crippen molar-refractivity contribution in [2.24, 2.45) is 0 Å². The Kier molecular flexibility index (Phi) is 7.94. The van der Waals surface area contributed by atoms with Crippen LogP contribution in [0.1, 0.15) is 32.1 Å². The molecular formula is C12H23IO3. The number of methoxy groups -OCH3 is 1. The van der Waals surface area contributed by atoms with Crippen molar-refractivity contribution in [2.75, 3.05) is 38.0 Å². The molecule has 1 rings (SSSR count). The zero-order chi connectivity index (χ0) is 11.7. The van der Waals surface area contributed by atoms with Crippen molar-refractivity contribution in [3.63, 3.8) is 0 Å². The maximum Gasteiger partial charge on any atom is 0.0772 e. The number of alkyl halides is 1. The normalized spacial score (nSPS) is 19.1. The molecule has 0 atom stereocenters. The minimum Gasteiger partial charge on any atom is -0.385 e. The van der Waals surface area contributed by atoms with Gasteiger partial charge in [-0.05, 0) is 19.3 Å². The standard InChI is InChI=1S/C12H23IO3/c1-14-7-4-8-15-9-10-16-12(11-13)5-2-3-6-12/h2-11H2,1H3. The molecule has 16 heavy (non-hydrogen) atoms. The lowest BCUT2D eigenvalue weighted by Crippen LogP contribution is -2.32. The first-order valence-electron chi connectivity index (χ1n) is 6.09. The summed E-state index contributed by atoms with van der Waals surface area (Å²) in [5, 5.41) is 0. The van der Waals surface area contributed by atoms with Gasteiger partial charge in [-0.15, -0.1) is 0 Å². The Morgan fingerprint density at radius 2 is 1.81 bits per heavy atom. The van der Waals surface area contributed by atoms with Crippen LogP contribution in [0, 0.1) is 0 Å². The van der Waals surface area contributed by atoms with Crippen molar-refractivity contribution >= 4 is 22.6 Å². The van der Waals surface area contributed by atoms with Gasteiger partial charge in [0.05, 0.1) is 18.8 Å². The van der Waals surface area contributed by atoms with Crippen molar-refractivity contribution in [3.05, 3.63) is 0 Å². The van der Waals surface area contributed by atoms with E-state index in [4.69, 9.17) is 14.2 Å². The topological polar surface area (TPSA) is 27.7 Å². The maximum absolute atomic E-state index is 5.98. The molecule has 1 fully saturated rings. The van der Waals surface area contributed by atoms with E-state index in [0.717, 1.165) is 30.7 Å². The molecule has 0 aromatic heterocycles. The lowest BCUT2D eigenvalue weighted by molar-refractivity contribution is -0.0489. The van der Waals surface area contributed by atoms with Gasteiger partial charge in [0.2, 0.25) is 0 Å². The summed E-state index contributed by atoms with van der Waals surface area (Å²) in [4.78, 5) is 0. The van der Waals surface area contributed by atoms with E-state index in [1.54, 1.807) is 7.11 Å². The van der Waals surface area contributed by atoms with E-state index in [1.807, 2.05) is 0 Å². The highest BCUT2D eigenvalue weighted by Gasteiger charge is 2.33. The van der Waals surface area contributed by atoms with E-state index in [2.05, 4.69) is 22.6 Å². The van der Waals surface area contributed by atoms with Gasteiger partial charge in [-0.1, -0.05) is 35.4 Å². The lowest BCUT2D eigenvalue weighted by Gasteiger charge is -2.27. The highest BCUT2D eigenvalue weighted by atomic mass is 127. The molecule has 0 aliphatic heterocycles. The van der Waals surface area contributed by atoms with Crippen LogP contribution in [-0.4, -0.2) is 43.6 Å². The van der Waals surface area contributed by atoms with Gasteiger partial charge in [-0.3, -0.25) is 0 Å². The summed E-state index contributed by atoms with van der Waals surface area (Å²) in [7, 11) is 1.72. The molecule has 0 amide bonds. The Bertz CT molecular complexity index is 170. The van der Waals surface area contributed by atoms with Gasteiger partial charge in [-0.2, -0.15) is 0 Å². The fourth-order valence-electron chi connectivity index (χ4n) is 2.06. The summed E-state index contributed by atoms with van der Waals surface area (Å²) >= 11 is 2.44. The van der Waals surface area contributed by atoms with Gasteiger partial charge in [0.25, 0.3) is 0 Å². The van der Waals surface area contributed by atoms with Gasteiger partial charge in [0, 0.05) is 24.8 Å². The van der Waals surface area contributed by atoms with Gasteiger partial charge in [0.1, 0.15) is 0 Å². The average Bonchev–Trinajstić information content (AvgIpc) is 2.77. The molecule has 0 spiro atoms. The second kappa shape index (κ2) is 8.66. The summed E-state index contributed by atoms with van der Waals surface area (Å²) in [6, 6.07) is 0. The van der Waals surface area contributed by atoms with Crippen LogP contribution < -0.4 is 0 Å². The van der Waals surface area contributed by atoms with Crippen LogP contribution in [0.15, 0.2) is 0 Å². The summed E-state index contributed by atoms with van der Waals surface area (Å²) in [6.07, 6.45) is 6.04. The SMILES string of the molecule is COCCCOCCOC1(CI)CCCC1. The molecule has 0 unspecified atom stereocenters. The summed E-state index contributed by atoms with van der Waals surface area (Å²) < 4.78 is 17.5. The van der Waals surface area contributed by atoms with Crippen LogP contribution in [0.2, 0.25) is 0 Å². The molecule has 3 nitrogen and oxygen atoms in total. The minimum absolute atomic E-state index is 0.163. The molecule has 4 heteroatoms. The zero-order valence-electron chi connectivity index (χ0n) is 10.2. The predicted octanol–water partition coefficient (Wildman–Crippen LogP) is 2.80. The monoisotopic (exact) mass is 342 g/mol. The second-order valence-electron chi connectivity index (χ2n) is 4.33. The van der Waals surface area contributed by atoms with E-state index in [-0.39, 0.29) is 5.60 Å². The molecule has 96 valence electrons. The first-order valence-corrected chi connectivity index (χ1v) is 7.62.